The average Bonchev–Trinajstić information content (AvgIpc) is 2.29. The van der Waals surface area contributed by atoms with E-state index in [0.29, 0.717) is 12.5 Å². The first kappa shape index (κ1) is 8.83. The van der Waals surface area contributed by atoms with E-state index in [2.05, 4.69) is 10.4 Å². The Bertz CT molecular complexity index is 312. The summed E-state index contributed by atoms with van der Waals surface area (Å²) in [6.45, 7) is 5.31. The quantitative estimate of drug-likeness (QED) is 0.696. The lowest BCUT2D eigenvalue weighted by atomic mass is 10.7. The van der Waals surface area contributed by atoms with Crippen LogP contribution < -0.4 is 11.0 Å². The molecule has 0 saturated carbocycles. The Labute approximate surface area is 71.0 Å². The SMILES string of the molecule is CCNc1nn(C)c(=O)n1CC. The lowest BCUT2D eigenvalue weighted by Gasteiger charge is -2.01. The maximum absolute atomic E-state index is 11.3. The zero-order valence-electron chi connectivity index (χ0n) is 7.66. The van der Waals surface area contributed by atoms with Crippen LogP contribution in [-0.4, -0.2) is 20.9 Å². The Hall–Kier alpha value is -1.26. The summed E-state index contributed by atoms with van der Waals surface area (Å²) in [6, 6.07) is 0. The summed E-state index contributed by atoms with van der Waals surface area (Å²) in [5.41, 5.74) is -0.0755. The van der Waals surface area contributed by atoms with Crippen molar-refractivity contribution < 1.29 is 0 Å². The molecule has 5 nitrogen and oxygen atoms in total. The maximum Gasteiger partial charge on any atom is 0.347 e. The van der Waals surface area contributed by atoms with Gasteiger partial charge < -0.3 is 5.32 Å². The smallest absolute Gasteiger partial charge is 0.347 e. The van der Waals surface area contributed by atoms with Crippen molar-refractivity contribution in [2.45, 2.75) is 20.4 Å². The summed E-state index contributed by atoms with van der Waals surface area (Å²) >= 11 is 0. The van der Waals surface area contributed by atoms with Gasteiger partial charge in [-0.15, -0.1) is 5.10 Å². The van der Waals surface area contributed by atoms with Crippen LogP contribution >= 0.6 is 0 Å². The van der Waals surface area contributed by atoms with Crippen molar-refractivity contribution in [3.63, 3.8) is 0 Å². The third-order valence-electron chi connectivity index (χ3n) is 1.66. The molecule has 68 valence electrons. The molecule has 5 heteroatoms. The molecule has 0 aliphatic rings. The van der Waals surface area contributed by atoms with Crippen LogP contribution in [0.1, 0.15) is 13.8 Å². The Morgan fingerprint density at radius 3 is 2.67 bits per heavy atom. The van der Waals surface area contributed by atoms with E-state index in [0.717, 1.165) is 6.54 Å². The zero-order valence-corrected chi connectivity index (χ0v) is 7.66. The Kier molecular flexibility index (Phi) is 2.52. The standard InChI is InChI=1S/C7H14N4O/c1-4-8-6-9-10(3)7(12)11(6)5-2/h4-5H2,1-3H3,(H,8,9). The molecule has 0 saturated heterocycles. The fourth-order valence-electron chi connectivity index (χ4n) is 1.08. The summed E-state index contributed by atoms with van der Waals surface area (Å²) in [6.07, 6.45) is 0. The molecule has 0 amide bonds. The van der Waals surface area contributed by atoms with Gasteiger partial charge in [0.15, 0.2) is 0 Å². The van der Waals surface area contributed by atoms with Crippen molar-refractivity contribution in [1.82, 2.24) is 14.3 Å². The first-order valence-electron chi connectivity index (χ1n) is 4.08. The number of nitrogens with zero attached hydrogens (tertiary/aromatic N) is 3. The van der Waals surface area contributed by atoms with Crippen molar-refractivity contribution in [1.29, 1.82) is 0 Å². The second kappa shape index (κ2) is 3.42. The highest BCUT2D eigenvalue weighted by Crippen LogP contribution is 1.97. The van der Waals surface area contributed by atoms with Gasteiger partial charge in [0.1, 0.15) is 0 Å². The van der Waals surface area contributed by atoms with E-state index < -0.39 is 0 Å². The molecular weight excluding hydrogens is 156 g/mol. The summed E-state index contributed by atoms with van der Waals surface area (Å²) in [7, 11) is 1.65. The van der Waals surface area contributed by atoms with Gasteiger partial charge in [0.05, 0.1) is 0 Å². The van der Waals surface area contributed by atoms with E-state index in [1.807, 2.05) is 13.8 Å². The van der Waals surface area contributed by atoms with E-state index in [9.17, 15) is 4.79 Å². The van der Waals surface area contributed by atoms with Gasteiger partial charge in [0.25, 0.3) is 0 Å². The van der Waals surface area contributed by atoms with Crippen molar-refractivity contribution >= 4 is 5.95 Å². The van der Waals surface area contributed by atoms with Gasteiger partial charge in [-0.05, 0) is 13.8 Å². The summed E-state index contributed by atoms with van der Waals surface area (Å²) < 4.78 is 2.94. The van der Waals surface area contributed by atoms with Crippen molar-refractivity contribution in [2.24, 2.45) is 7.05 Å². The Morgan fingerprint density at radius 2 is 2.17 bits per heavy atom. The largest absolute Gasteiger partial charge is 0.355 e. The van der Waals surface area contributed by atoms with E-state index in [-0.39, 0.29) is 5.69 Å². The van der Waals surface area contributed by atoms with Gasteiger partial charge in [-0.1, -0.05) is 0 Å². The van der Waals surface area contributed by atoms with Crippen LogP contribution in [0.15, 0.2) is 4.79 Å². The van der Waals surface area contributed by atoms with E-state index in [1.165, 1.54) is 4.68 Å². The molecule has 12 heavy (non-hydrogen) atoms. The molecule has 0 fully saturated rings. The molecule has 1 heterocycles. The van der Waals surface area contributed by atoms with E-state index in [4.69, 9.17) is 0 Å². The average molecular weight is 170 g/mol. The number of aromatic nitrogens is 3. The van der Waals surface area contributed by atoms with Gasteiger partial charge in [0.2, 0.25) is 5.95 Å². The van der Waals surface area contributed by atoms with Gasteiger partial charge >= 0.3 is 5.69 Å². The summed E-state index contributed by atoms with van der Waals surface area (Å²) in [5.74, 6) is 0.646. The molecule has 1 aromatic heterocycles. The van der Waals surface area contributed by atoms with Crippen LogP contribution in [0.4, 0.5) is 5.95 Å². The first-order valence-corrected chi connectivity index (χ1v) is 4.08. The monoisotopic (exact) mass is 170 g/mol. The maximum atomic E-state index is 11.3. The number of hydrogen-bond donors (Lipinski definition) is 1. The van der Waals surface area contributed by atoms with Gasteiger partial charge in [0, 0.05) is 20.1 Å². The van der Waals surface area contributed by atoms with Gasteiger partial charge in [-0.3, -0.25) is 4.57 Å². The van der Waals surface area contributed by atoms with Crippen LogP contribution in [0, 0.1) is 0 Å². The van der Waals surface area contributed by atoms with E-state index >= 15 is 0 Å². The molecule has 0 bridgehead atoms. The van der Waals surface area contributed by atoms with Crippen LogP contribution in [0.3, 0.4) is 0 Å². The number of nitrogens with one attached hydrogen (secondary N) is 1. The third-order valence-corrected chi connectivity index (χ3v) is 1.66. The van der Waals surface area contributed by atoms with Crippen LogP contribution in [0.2, 0.25) is 0 Å². The van der Waals surface area contributed by atoms with Gasteiger partial charge in [-0.2, -0.15) is 0 Å². The fourth-order valence-corrected chi connectivity index (χ4v) is 1.08. The van der Waals surface area contributed by atoms with Gasteiger partial charge in [-0.25, -0.2) is 9.48 Å². The summed E-state index contributed by atoms with van der Waals surface area (Å²) in [4.78, 5) is 11.3. The molecule has 1 aromatic rings. The number of aryl methyl sites for hydroxylation is 1. The normalized spacial score (nSPS) is 10.2. The number of hydrogen-bond acceptors (Lipinski definition) is 3. The van der Waals surface area contributed by atoms with Crippen LogP contribution in [-0.2, 0) is 13.6 Å². The molecule has 0 unspecified atom stereocenters. The second-order valence-electron chi connectivity index (χ2n) is 2.50. The highest BCUT2D eigenvalue weighted by atomic mass is 16.2. The molecule has 0 atom stereocenters. The number of anilines is 1. The summed E-state index contributed by atoms with van der Waals surface area (Å²) in [5, 5.41) is 7.05. The molecule has 1 rings (SSSR count). The van der Waals surface area contributed by atoms with Crippen LogP contribution in [0.25, 0.3) is 0 Å². The predicted molar refractivity (Wildman–Crippen MR) is 47.3 cm³/mol. The van der Waals surface area contributed by atoms with Crippen molar-refractivity contribution in [3.8, 4) is 0 Å². The van der Waals surface area contributed by atoms with Crippen molar-refractivity contribution in [3.05, 3.63) is 10.5 Å². The molecule has 0 aromatic carbocycles. The Morgan fingerprint density at radius 1 is 1.50 bits per heavy atom. The molecular formula is C7H14N4O. The second-order valence-corrected chi connectivity index (χ2v) is 2.50. The van der Waals surface area contributed by atoms with E-state index in [1.54, 1.807) is 11.6 Å². The molecule has 0 aliphatic carbocycles. The van der Waals surface area contributed by atoms with Crippen molar-refractivity contribution in [2.75, 3.05) is 11.9 Å². The first-order chi connectivity index (χ1) is 5.70. The molecule has 0 radical (unpaired) electrons. The number of rotatable bonds is 3. The molecule has 1 N–H and O–H groups in total. The van der Waals surface area contributed by atoms with Crippen LogP contribution in [0.5, 0.6) is 0 Å². The molecule has 0 aliphatic heterocycles. The molecule has 0 spiro atoms. The highest BCUT2D eigenvalue weighted by molar-refractivity contribution is 5.22. The topological polar surface area (TPSA) is 51.9 Å². The fraction of sp³-hybridized carbons (Fsp3) is 0.714. The Balaban J connectivity index is 3.11. The third kappa shape index (κ3) is 1.34. The zero-order chi connectivity index (χ0) is 9.14. The lowest BCUT2D eigenvalue weighted by Crippen LogP contribution is -2.22. The predicted octanol–water partition coefficient (Wildman–Crippen LogP) is 0.0335. The minimum absolute atomic E-state index is 0.0755. The minimum Gasteiger partial charge on any atom is -0.355 e. The minimum atomic E-state index is -0.0755. The lowest BCUT2D eigenvalue weighted by molar-refractivity contribution is 0.678. The highest BCUT2D eigenvalue weighted by Gasteiger charge is 2.06.